The Labute approximate surface area is 221 Å². The lowest BCUT2D eigenvalue weighted by atomic mass is 10.0. The number of anilines is 3. The van der Waals surface area contributed by atoms with Crippen molar-refractivity contribution >= 4 is 40.0 Å². The minimum Gasteiger partial charge on any atom is -0.465 e. The summed E-state index contributed by atoms with van der Waals surface area (Å²) in [6, 6.07) is 12.0. The molecule has 2 aromatic carbocycles. The third kappa shape index (κ3) is 5.14. The smallest absolute Gasteiger partial charge is 0.407 e. The Morgan fingerprint density at radius 2 is 1.84 bits per heavy atom. The number of nitrogens with two attached hydrogens (primary N) is 1. The fourth-order valence-corrected chi connectivity index (χ4v) is 5.20. The van der Waals surface area contributed by atoms with E-state index in [1.54, 1.807) is 0 Å². The topological polar surface area (TPSA) is 137 Å². The molecule has 2 amide bonds. The molecule has 1 atom stereocenters. The number of ether oxygens (including phenoxy) is 1. The maximum Gasteiger partial charge on any atom is 0.407 e. The Kier molecular flexibility index (Phi) is 7.19. The molecule has 0 radical (unpaired) electrons. The molecule has 0 aliphatic carbocycles. The SMILES string of the molecule is Cc1cccc2cccc(NC(=O)c3nc(OCC4CCCN4C)nc(N4CCN(C(=O)O)CC4)c3N)c12. The third-order valence-electron chi connectivity index (χ3n) is 7.41. The van der Waals surface area contributed by atoms with Crippen LogP contribution in [0.1, 0.15) is 28.9 Å². The number of likely N-dealkylation sites (N-methyl/N-ethyl adjacent to an activating group) is 1. The summed E-state index contributed by atoms with van der Waals surface area (Å²) in [7, 11) is 2.06. The number of nitrogens with zero attached hydrogens (tertiary/aromatic N) is 5. The van der Waals surface area contributed by atoms with Crippen LogP contribution in [-0.2, 0) is 0 Å². The van der Waals surface area contributed by atoms with E-state index in [0.29, 0.717) is 44.3 Å². The monoisotopic (exact) mass is 519 g/mol. The predicted molar refractivity (Wildman–Crippen MR) is 146 cm³/mol. The van der Waals surface area contributed by atoms with Gasteiger partial charge in [-0.2, -0.15) is 9.97 Å². The maximum absolute atomic E-state index is 13.6. The zero-order chi connectivity index (χ0) is 26.8. The molecule has 4 N–H and O–H groups in total. The number of aryl methyl sites for hydroxylation is 1. The molecular formula is C27H33N7O4. The molecule has 11 nitrogen and oxygen atoms in total. The number of carbonyl (C=O) groups is 2. The number of benzene rings is 2. The molecule has 2 aliphatic heterocycles. The number of fused-ring (bicyclic) bond motifs is 1. The molecule has 200 valence electrons. The van der Waals surface area contributed by atoms with Crippen molar-refractivity contribution in [3.8, 4) is 6.01 Å². The number of hydrogen-bond acceptors (Lipinski definition) is 8. The van der Waals surface area contributed by atoms with E-state index in [9.17, 15) is 14.7 Å². The Morgan fingerprint density at radius 1 is 1.11 bits per heavy atom. The second-order valence-electron chi connectivity index (χ2n) is 9.87. The van der Waals surface area contributed by atoms with Crippen LogP contribution >= 0.6 is 0 Å². The maximum atomic E-state index is 13.6. The molecular weight excluding hydrogens is 486 g/mol. The molecule has 3 aromatic rings. The van der Waals surface area contributed by atoms with Crippen LogP contribution in [0, 0.1) is 6.92 Å². The van der Waals surface area contributed by atoms with Crippen LogP contribution in [0.15, 0.2) is 36.4 Å². The number of carbonyl (C=O) groups excluding carboxylic acids is 1. The lowest BCUT2D eigenvalue weighted by Crippen LogP contribution is -2.48. The van der Waals surface area contributed by atoms with Crippen LogP contribution in [-0.4, -0.2) is 89.3 Å². The zero-order valence-corrected chi connectivity index (χ0v) is 21.7. The van der Waals surface area contributed by atoms with Gasteiger partial charge in [0, 0.05) is 43.3 Å². The van der Waals surface area contributed by atoms with Crippen molar-refractivity contribution in [1.82, 2.24) is 19.8 Å². The summed E-state index contributed by atoms with van der Waals surface area (Å²) in [6.07, 6.45) is 1.16. The predicted octanol–water partition coefficient (Wildman–Crippen LogP) is 3.05. The highest BCUT2D eigenvalue weighted by atomic mass is 16.5. The first-order chi connectivity index (χ1) is 18.3. The average Bonchev–Trinajstić information content (AvgIpc) is 3.32. The van der Waals surface area contributed by atoms with Gasteiger partial charge in [-0.25, -0.2) is 4.79 Å². The third-order valence-corrected chi connectivity index (χ3v) is 7.41. The van der Waals surface area contributed by atoms with Crippen molar-refractivity contribution < 1.29 is 19.4 Å². The average molecular weight is 520 g/mol. The normalized spacial score (nSPS) is 18.1. The highest BCUT2D eigenvalue weighted by Gasteiger charge is 2.28. The summed E-state index contributed by atoms with van der Waals surface area (Å²) in [5, 5.41) is 14.3. The number of aromatic nitrogens is 2. The Balaban J connectivity index is 1.46. The lowest BCUT2D eigenvalue weighted by molar-refractivity contribution is 0.102. The van der Waals surface area contributed by atoms with Gasteiger partial charge in [0.05, 0.1) is 0 Å². The summed E-state index contributed by atoms with van der Waals surface area (Å²) in [5.74, 6) is -0.0898. The number of piperazine rings is 1. The molecule has 2 aliphatic rings. The van der Waals surface area contributed by atoms with E-state index in [4.69, 9.17) is 10.5 Å². The van der Waals surface area contributed by atoms with Gasteiger partial charge in [-0.1, -0.05) is 30.3 Å². The summed E-state index contributed by atoms with van der Waals surface area (Å²) in [5.41, 5.74) is 8.35. The first-order valence-corrected chi connectivity index (χ1v) is 12.8. The fraction of sp³-hybridized carbons (Fsp3) is 0.407. The first-order valence-electron chi connectivity index (χ1n) is 12.8. The van der Waals surface area contributed by atoms with Gasteiger partial charge in [0.15, 0.2) is 11.5 Å². The Bertz CT molecular complexity index is 1350. The van der Waals surface area contributed by atoms with Gasteiger partial charge in [0.1, 0.15) is 12.3 Å². The van der Waals surface area contributed by atoms with Crippen molar-refractivity contribution in [3.05, 3.63) is 47.7 Å². The van der Waals surface area contributed by atoms with Gasteiger partial charge < -0.3 is 35.6 Å². The van der Waals surface area contributed by atoms with Crippen molar-refractivity contribution in [2.24, 2.45) is 0 Å². The van der Waals surface area contributed by atoms with Crippen LogP contribution in [0.5, 0.6) is 6.01 Å². The van der Waals surface area contributed by atoms with E-state index in [-0.39, 0.29) is 23.4 Å². The van der Waals surface area contributed by atoms with E-state index < -0.39 is 12.0 Å². The Morgan fingerprint density at radius 3 is 2.53 bits per heavy atom. The van der Waals surface area contributed by atoms with Crippen molar-refractivity contribution in [1.29, 1.82) is 0 Å². The quantitative estimate of drug-likeness (QED) is 0.449. The number of hydrogen-bond donors (Lipinski definition) is 3. The summed E-state index contributed by atoms with van der Waals surface area (Å²) < 4.78 is 6.01. The van der Waals surface area contributed by atoms with E-state index in [1.165, 1.54) is 4.90 Å². The van der Waals surface area contributed by atoms with E-state index in [2.05, 4.69) is 27.2 Å². The largest absolute Gasteiger partial charge is 0.465 e. The van der Waals surface area contributed by atoms with Crippen molar-refractivity contribution in [3.63, 3.8) is 0 Å². The van der Waals surface area contributed by atoms with Gasteiger partial charge in [0.2, 0.25) is 0 Å². The van der Waals surface area contributed by atoms with E-state index >= 15 is 0 Å². The van der Waals surface area contributed by atoms with Crippen LogP contribution in [0.25, 0.3) is 10.8 Å². The molecule has 5 rings (SSSR count). The highest BCUT2D eigenvalue weighted by molar-refractivity contribution is 6.11. The lowest BCUT2D eigenvalue weighted by Gasteiger charge is -2.34. The van der Waals surface area contributed by atoms with Crippen LogP contribution in [0.3, 0.4) is 0 Å². The molecule has 11 heteroatoms. The number of amides is 2. The molecule has 1 unspecified atom stereocenters. The van der Waals surface area contributed by atoms with Gasteiger partial charge in [0.25, 0.3) is 5.91 Å². The van der Waals surface area contributed by atoms with Crippen LogP contribution in [0.2, 0.25) is 0 Å². The van der Waals surface area contributed by atoms with Crippen molar-refractivity contribution in [2.75, 3.05) is 62.3 Å². The summed E-state index contributed by atoms with van der Waals surface area (Å²) in [4.78, 5) is 39.4. The molecule has 2 saturated heterocycles. The van der Waals surface area contributed by atoms with Gasteiger partial charge in [-0.05, 0) is 50.4 Å². The molecule has 2 fully saturated rings. The summed E-state index contributed by atoms with van der Waals surface area (Å²) in [6.45, 7) is 4.79. The van der Waals surface area contributed by atoms with Crippen LogP contribution in [0.4, 0.5) is 22.0 Å². The molecule has 1 aromatic heterocycles. The first kappa shape index (κ1) is 25.5. The van der Waals surface area contributed by atoms with E-state index in [1.807, 2.05) is 48.2 Å². The molecule has 0 saturated carbocycles. The van der Waals surface area contributed by atoms with Gasteiger partial charge >= 0.3 is 12.1 Å². The molecule has 0 spiro atoms. The number of carboxylic acid groups (broad SMARTS) is 1. The number of nitrogen functional groups attached to an aromatic ring is 1. The summed E-state index contributed by atoms with van der Waals surface area (Å²) >= 11 is 0. The minimum atomic E-state index is -0.963. The van der Waals surface area contributed by atoms with Gasteiger partial charge in [-0.3, -0.25) is 4.79 Å². The zero-order valence-electron chi connectivity index (χ0n) is 21.7. The standard InChI is InChI=1S/C27H33N7O4/c1-17-6-3-7-18-8-4-10-20(21(17)18)29-25(35)23-22(28)24(33-12-14-34(15-13-33)27(36)37)31-26(30-23)38-16-19-9-5-11-32(19)2/h3-4,6-8,10,19H,5,9,11-16,28H2,1-2H3,(H,29,35)(H,36,37). The number of nitrogens with one attached hydrogen (secondary N) is 1. The van der Waals surface area contributed by atoms with Crippen molar-refractivity contribution in [2.45, 2.75) is 25.8 Å². The molecule has 38 heavy (non-hydrogen) atoms. The fourth-order valence-electron chi connectivity index (χ4n) is 5.20. The van der Waals surface area contributed by atoms with E-state index in [0.717, 1.165) is 35.7 Å². The molecule has 0 bridgehead atoms. The second kappa shape index (κ2) is 10.7. The number of rotatable bonds is 6. The Hall–Kier alpha value is -4.12. The molecule has 3 heterocycles. The highest BCUT2D eigenvalue weighted by Crippen LogP contribution is 2.31. The second-order valence-corrected chi connectivity index (χ2v) is 9.87. The van der Waals surface area contributed by atoms with Crippen LogP contribution < -0.4 is 20.7 Å². The van der Waals surface area contributed by atoms with Gasteiger partial charge in [-0.15, -0.1) is 0 Å². The number of likely N-dealkylation sites (tertiary alicyclic amines) is 1. The minimum absolute atomic E-state index is 0.0241.